The van der Waals surface area contributed by atoms with Crippen LogP contribution >= 0.6 is 0 Å². The Morgan fingerprint density at radius 1 is 1.08 bits per heavy atom. The number of nitrogens with zero attached hydrogens (tertiary/aromatic N) is 4. The third-order valence-corrected chi connectivity index (χ3v) is 4.09. The topological polar surface area (TPSA) is 49.3 Å². The van der Waals surface area contributed by atoms with Crippen molar-refractivity contribution in [3.05, 3.63) is 54.1 Å². The third-order valence-electron chi connectivity index (χ3n) is 4.09. The van der Waals surface area contributed by atoms with E-state index in [0.717, 1.165) is 38.0 Å². The lowest BCUT2D eigenvalue weighted by Crippen LogP contribution is -2.28. The summed E-state index contributed by atoms with van der Waals surface area (Å²) in [6.45, 7) is 3.77. The summed E-state index contributed by atoms with van der Waals surface area (Å²) in [4.78, 5) is 24.5. The van der Waals surface area contributed by atoms with Gasteiger partial charge >= 0.3 is 0 Å². The van der Waals surface area contributed by atoms with Gasteiger partial charge in [0.2, 0.25) is 0 Å². The molecule has 0 aromatic carbocycles. The molecule has 2 aromatic rings. The SMILES string of the molecule is CCCCN(C)C(=O)c1ccc(N(C)CCc2ccncc2)cn1. The molecule has 2 aromatic heterocycles. The number of aromatic nitrogens is 2. The van der Waals surface area contributed by atoms with Gasteiger partial charge in [-0.3, -0.25) is 9.78 Å². The number of pyridine rings is 2. The normalized spacial score (nSPS) is 10.5. The fourth-order valence-electron chi connectivity index (χ4n) is 2.41. The number of carbonyl (C=O) groups excluding carboxylic acids is 1. The summed E-state index contributed by atoms with van der Waals surface area (Å²) in [5, 5.41) is 0. The molecule has 0 unspecified atom stereocenters. The number of anilines is 1. The molecule has 5 nitrogen and oxygen atoms in total. The van der Waals surface area contributed by atoms with Crippen LogP contribution in [0.15, 0.2) is 42.9 Å². The van der Waals surface area contributed by atoms with Gasteiger partial charge in [-0.05, 0) is 42.7 Å². The molecule has 0 aliphatic heterocycles. The Labute approximate surface area is 144 Å². The molecule has 1 amide bonds. The van der Waals surface area contributed by atoms with Gasteiger partial charge in [-0.25, -0.2) is 4.98 Å². The van der Waals surface area contributed by atoms with Crippen molar-refractivity contribution in [2.45, 2.75) is 26.2 Å². The van der Waals surface area contributed by atoms with Crippen molar-refractivity contribution in [1.29, 1.82) is 0 Å². The molecule has 0 radical (unpaired) electrons. The number of amides is 1. The standard InChI is InChI=1S/C19H26N4O/c1-4-5-13-23(3)19(24)18-7-6-17(15-21-18)22(2)14-10-16-8-11-20-12-9-16/h6-9,11-12,15H,4-5,10,13-14H2,1-3H3. The number of rotatable bonds is 8. The van der Waals surface area contributed by atoms with Crippen molar-refractivity contribution >= 4 is 11.6 Å². The second-order valence-electron chi connectivity index (χ2n) is 6.01. The van der Waals surface area contributed by atoms with Gasteiger partial charge in [-0.2, -0.15) is 0 Å². The molecule has 0 saturated carbocycles. The number of carbonyl (C=O) groups is 1. The molecule has 0 aliphatic carbocycles. The summed E-state index contributed by atoms with van der Waals surface area (Å²) in [6, 6.07) is 7.82. The largest absolute Gasteiger partial charge is 0.373 e. The average Bonchev–Trinajstić information content (AvgIpc) is 2.64. The van der Waals surface area contributed by atoms with E-state index < -0.39 is 0 Å². The van der Waals surface area contributed by atoms with E-state index in [2.05, 4.69) is 21.8 Å². The molecule has 0 spiro atoms. The predicted molar refractivity (Wildman–Crippen MR) is 97.3 cm³/mol. The number of hydrogen-bond acceptors (Lipinski definition) is 4. The molecule has 0 fully saturated rings. The summed E-state index contributed by atoms with van der Waals surface area (Å²) in [6.07, 6.45) is 8.43. The fourth-order valence-corrected chi connectivity index (χ4v) is 2.41. The van der Waals surface area contributed by atoms with Crippen LogP contribution in [0.3, 0.4) is 0 Å². The van der Waals surface area contributed by atoms with Crippen molar-refractivity contribution in [2.75, 3.05) is 32.1 Å². The van der Waals surface area contributed by atoms with Crippen LogP contribution in [0.1, 0.15) is 35.8 Å². The zero-order valence-electron chi connectivity index (χ0n) is 14.8. The number of hydrogen-bond donors (Lipinski definition) is 0. The fraction of sp³-hybridized carbons (Fsp3) is 0.421. The van der Waals surface area contributed by atoms with Gasteiger partial charge in [-0.1, -0.05) is 13.3 Å². The van der Waals surface area contributed by atoms with Crippen LogP contribution in [-0.2, 0) is 6.42 Å². The molecule has 0 N–H and O–H groups in total. The van der Waals surface area contributed by atoms with E-state index >= 15 is 0 Å². The second kappa shape index (κ2) is 9.01. The molecular weight excluding hydrogens is 300 g/mol. The van der Waals surface area contributed by atoms with Crippen molar-refractivity contribution in [3.63, 3.8) is 0 Å². The van der Waals surface area contributed by atoms with E-state index in [0.29, 0.717) is 5.69 Å². The minimum absolute atomic E-state index is 0.0190. The lowest BCUT2D eigenvalue weighted by Gasteiger charge is -2.20. The summed E-state index contributed by atoms with van der Waals surface area (Å²) in [7, 11) is 3.86. The summed E-state index contributed by atoms with van der Waals surface area (Å²) in [5.74, 6) is -0.0190. The summed E-state index contributed by atoms with van der Waals surface area (Å²) in [5.41, 5.74) is 2.77. The molecule has 5 heteroatoms. The van der Waals surface area contributed by atoms with Crippen molar-refractivity contribution in [2.24, 2.45) is 0 Å². The van der Waals surface area contributed by atoms with E-state index in [4.69, 9.17) is 0 Å². The first kappa shape index (κ1) is 17.9. The zero-order valence-corrected chi connectivity index (χ0v) is 14.8. The molecule has 2 heterocycles. The highest BCUT2D eigenvalue weighted by Crippen LogP contribution is 2.13. The first-order valence-electron chi connectivity index (χ1n) is 8.43. The molecular formula is C19H26N4O. The summed E-state index contributed by atoms with van der Waals surface area (Å²) >= 11 is 0. The Balaban J connectivity index is 1.92. The smallest absolute Gasteiger partial charge is 0.272 e. The van der Waals surface area contributed by atoms with Crippen LogP contribution in [0, 0.1) is 0 Å². The average molecular weight is 326 g/mol. The van der Waals surface area contributed by atoms with E-state index in [-0.39, 0.29) is 5.91 Å². The van der Waals surface area contributed by atoms with Gasteiger partial charge in [0.15, 0.2) is 0 Å². The van der Waals surface area contributed by atoms with Gasteiger partial charge in [-0.15, -0.1) is 0 Å². The van der Waals surface area contributed by atoms with E-state index in [1.165, 1.54) is 5.56 Å². The van der Waals surface area contributed by atoms with Crippen LogP contribution in [0.4, 0.5) is 5.69 Å². The van der Waals surface area contributed by atoms with Crippen LogP contribution in [0.25, 0.3) is 0 Å². The van der Waals surface area contributed by atoms with Gasteiger partial charge < -0.3 is 9.80 Å². The van der Waals surface area contributed by atoms with E-state index in [1.54, 1.807) is 11.1 Å². The van der Waals surface area contributed by atoms with E-state index in [9.17, 15) is 4.79 Å². The van der Waals surface area contributed by atoms with Crippen LogP contribution in [-0.4, -0.2) is 48.0 Å². The Hall–Kier alpha value is -2.43. The quantitative estimate of drug-likeness (QED) is 0.748. The minimum atomic E-state index is -0.0190. The van der Waals surface area contributed by atoms with Crippen LogP contribution in [0.5, 0.6) is 0 Å². The maximum atomic E-state index is 12.3. The van der Waals surface area contributed by atoms with E-state index in [1.807, 2.05) is 50.8 Å². The minimum Gasteiger partial charge on any atom is -0.373 e. The van der Waals surface area contributed by atoms with Crippen LogP contribution in [0.2, 0.25) is 0 Å². The Morgan fingerprint density at radius 2 is 1.83 bits per heavy atom. The first-order valence-corrected chi connectivity index (χ1v) is 8.43. The molecule has 0 aliphatic rings. The van der Waals surface area contributed by atoms with Gasteiger partial charge in [0.05, 0.1) is 11.9 Å². The molecule has 0 saturated heterocycles. The van der Waals surface area contributed by atoms with Crippen LogP contribution < -0.4 is 4.90 Å². The molecule has 0 atom stereocenters. The maximum Gasteiger partial charge on any atom is 0.272 e. The highest BCUT2D eigenvalue weighted by Gasteiger charge is 2.13. The predicted octanol–water partition coefficient (Wildman–Crippen LogP) is 3.03. The lowest BCUT2D eigenvalue weighted by molar-refractivity contribution is 0.0787. The molecule has 128 valence electrons. The number of likely N-dealkylation sites (N-methyl/N-ethyl adjacent to an activating group) is 1. The summed E-state index contributed by atoms with van der Waals surface area (Å²) < 4.78 is 0. The Bertz CT molecular complexity index is 628. The second-order valence-corrected chi connectivity index (χ2v) is 6.01. The van der Waals surface area contributed by atoms with Crippen molar-refractivity contribution in [3.8, 4) is 0 Å². The lowest BCUT2D eigenvalue weighted by atomic mass is 10.2. The van der Waals surface area contributed by atoms with Gasteiger partial charge in [0.1, 0.15) is 5.69 Å². The highest BCUT2D eigenvalue weighted by molar-refractivity contribution is 5.92. The monoisotopic (exact) mass is 326 g/mol. The first-order chi connectivity index (χ1) is 11.6. The third kappa shape index (κ3) is 5.05. The van der Waals surface area contributed by atoms with Gasteiger partial charge in [0, 0.05) is 39.6 Å². The van der Waals surface area contributed by atoms with Gasteiger partial charge in [0.25, 0.3) is 5.91 Å². The Kier molecular flexibility index (Phi) is 6.73. The zero-order chi connectivity index (χ0) is 17.4. The molecule has 2 rings (SSSR count). The molecule has 0 bridgehead atoms. The molecule has 24 heavy (non-hydrogen) atoms. The van der Waals surface area contributed by atoms with Crippen molar-refractivity contribution < 1.29 is 4.79 Å². The Morgan fingerprint density at radius 3 is 2.46 bits per heavy atom. The maximum absolute atomic E-state index is 12.3. The van der Waals surface area contributed by atoms with Crippen molar-refractivity contribution in [1.82, 2.24) is 14.9 Å². The highest BCUT2D eigenvalue weighted by atomic mass is 16.2. The number of unbranched alkanes of at least 4 members (excludes halogenated alkanes) is 1.